The first-order valence-corrected chi connectivity index (χ1v) is 11.8. The highest BCUT2D eigenvalue weighted by molar-refractivity contribution is 5.89. The van der Waals surface area contributed by atoms with Crippen molar-refractivity contribution in [1.82, 2.24) is 24.6 Å². The summed E-state index contributed by atoms with van der Waals surface area (Å²) in [7, 11) is 0. The van der Waals surface area contributed by atoms with Gasteiger partial charge in [-0.05, 0) is 31.0 Å². The molecular formula is C23H24F5N7O. The summed E-state index contributed by atoms with van der Waals surface area (Å²) in [6.45, 7) is 1.08. The van der Waals surface area contributed by atoms with Gasteiger partial charge in [0, 0.05) is 38.1 Å². The van der Waals surface area contributed by atoms with E-state index < -0.39 is 23.8 Å². The molecule has 6 rings (SSSR count). The highest BCUT2D eigenvalue weighted by atomic mass is 19.4. The Morgan fingerprint density at radius 1 is 1.11 bits per heavy atom. The quantitative estimate of drug-likeness (QED) is 0.511. The maximum atomic E-state index is 13.7. The lowest BCUT2D eigenvalue weighted by Gasteiger charge is -2.44. The molecule has 1 aliphatic carbocycles. The largest absolute Gasteiger partial charge is 0.416 e. The fourth-order valence-electron chi connectivity index (χ4n) is 5.02. The molecule has 0 spiro atoms. The number of aliphatic hydroxyl groups is 1. The number of rotatable bonds is 5. The van der Waals surface area contributed by atoms with Crippen molar-refractivity contribution in [2.75, 3.05) is 36.4 Å². The Hall–Kier alpha value is -3.06. The van der Waals surface area contributed by atoms with E-state index in [1.54, 1.807) is 4.90 Å². The second kappa shape index (κ2) is 8.23. The predicted molar refractivity (Wildman–Crippen MR) is 121 cm³/mol. The molecule has 0 atom stereocenters. The van der Waals surface area contributed by atoms with Crippen LogP contribution in [0.3, 0.4) is 0 Å². The molecule has 3 aliphatic rings. The van der Waals surface area contributed by atoms with E-state index in [0.717, 1.165) is 12.1 Å². The average molecular weight is 509 g/mol. The zero-order chi connectivity index (χ0) is 25.2. The average Bonchev–Trinajstić information content (AvgIpc) is 3.34. The number of nitrogens with zero attached hydrogens (tertiary/aromatic N) is 6. The number of nitrogens with one attached hydrogen (secondary N) is 1. The molecule has 3 fully saturated rings. The molecule has 1 saturated carbocycles. The number of aliphatic hydroxyl groups excluding tert-OH is 1. The zero-order valence-corrected chi connectivity index (χ0v) is 19.1. The minimum Gasteiger partial charge on any atom is -0.393 e. The van der Waals surface area contributed by atoms with Crippen molar-refractivity contribution < 1.29 is 27.1 Å². The lowest BCUT2D eigenvalue weighted by atomic mass is 9.90. The van der Waals surface area contributed by atoms with Crippen LogP contribution < -0.4 is 10.2 Å². The molecule has 0 unspecified atom stereocenters. The van der Waals surface area contributed by atoms with Crippen LogP contribution in [0.15, 0.2) is 30.5 Å². The Morgan fingerprint density at radius 3 is 2.56 bits per heavy atom. The number of fused-ring (bicyclic) bond motifs is 1. The Kier molecular flexibility index (Phi) is 5.34. The van der Waals surface area contributed by atoms with Crippen molar-refractivity contribution >= 4 is 22.8 Å². The summed E-state index contributed by atoms with van der Waals surface area (Å²) in [5, 5.41) is 17.7. The highest BCUT2D eigenvalue weighted by Crippen LogP contribution is 2.36. The molecular weight excluding hydrogens is 485 g/mol. The molecule has 2 aliphatic heterocycles. The van der Waals surface area contributed by atoms with Crippen molar-refractivity contribution in [3.8, 4) is 5.69 Å². The lowest BCUT2D eigenvalue weighted by Crippen LogP contribution is -2.59. The van der Waals surface area contributed by atoms with Crippen molar-refractivity contribution in [3.63, 3.8) is 0 Å². The number of alkyl halides is 5. The number of hydrogen-bond acceptors (Lipinski definition) is 7. The molecule has 0 amide bonds. The Morgan fingerprint density at radius 2 is 1.89 bits per heavy atom. The smallest absolute Gasteiger partial charge is 0.393 e. The second-order valence-corrected chi connectivity index (χ2v) is 9.81. The van der Waals surface area contributed by atoms with Crippen LogP contribution in [0.25, 0.3) is 16.7 Å². The third kappa shape index (κ3) is 4.23. The van der Waals surface area contributed by atoms with Crippen LogP contribution >= 0.6 is 0 Å². The first kappa shape index (κ1) is 23.3. The monoisotopic (exact) mass is 509 g/mol. The van der Waals surface area contributed by atoms with Gasteiger partial charge in [0.2, 0.25) is 5.95 Å². The number of hydrogen-bond donors (Lipinski definition) is 2. The number of likely N-dealkylation sites (tertiary alicyclic amines) is 1. The molecule has 3 aromatic rings. The summed E-state index contributed by atoms with van der Waals surface area (Å²) >= 11 is 0. The molecule has 0 radical (unpaired) electrons. The van der Waals surface area contributed by atoms with E-state index in [2.05, 4.69) is 20.4 Å². The summed E-state index contributed by atoms with van der Waals surface area (Å²) in [6.07, 6.45) is -2.45. The third-order valence-corrected chi connectivity index (χ3v) is 7.15. The summed E-state index contributed by atoms with van der Waals surface area (Å²) in [6, 6.07) is 4.79. The topological polar surface area (TPSA) is 82.3 Å². The summed E-state index contributed by atoms with van der Waals surface area (Å²) in [4.78, 5) is 12.9. The van der Waals surface area contributed by atoms with Crippen LogP contribution in [0, 0.1) is 0 Å². The van der Waals surface area contributed by atoms with Gasteiger partial charge in [-0.3, -0.25) is 4.90 Å². The van der Waals surface area contributed by atoms with Gasteiger partial charge in [0.05, 0.1) is 35.5 Å². The Bertz CT molecular complexity index is 1280. The summed E-state index contributed by atoms with van der Waals surface area (Å²) in [5.41, 5.74) is -0.263. The van der Waals surface area contributed by atoms with Crippen molar-refractivity contribution in [2.24, 2.45) is 0 Å². The van der Waals surface area contributed by atoms with Crippen LogP contribution in [0.4, 0.5) is 33.7 Å². The molecule has 2 aromatic heterocycles. The fourth-order valence-corrected chi connectivity index (χ4v) is 5.02. The van der Waals surface area contributed by atoms with Gasteiger partial charge < -0.3 is 15.3 Å². The zero-order valence-electron chi connectivity index (χ0n) is 19.1. The Labute approximate surface area is 202 Å². The number of benzene rings is 1. The first-order valence-electron chi connectivity index (χ1n) is 11.8. The van der Waals surface area contributed by atoms with Gasteiger partial charge in [-0.25, -0.2) is 13.5 Å². The van der Waals surface area contributed by atoms with E-state index >= 15 is 0 Å². The van der Waals surface area contributed by atoms with Crippen molar-refractivity contribution in [1.29, 1.82) is 0 Å². The van der Waals surface area contributed by atoms with Gasteiger partial charge in [-0.15, -0.1) is 0 Å². The van der Waals surface area contributed by atoms with Crippen LogP contribution in [0.1, 0.15) is 24.8 Å². The molecule has 0 bridgehead atoms. The van der Waals surface area contributed by atoms with Gasteiger partial charge in [0.1, 0.15) is 5.82 Å². The maximum Gasteiger partial charge on any atom is 0.416 e. The molecule has 192 valence electrons. The number of anilines is 2. The molecule has 2 saturated heterocycles. The lowest BCUT2D eigenvalue weighted by molar-refractivity contribution is -0.137. The SMILES string of the molecule is O[C@H]1C[C@@H](Nc2nc(N3CC(N4CCC(F)(F)C4)C3)c3cnn(-c4cccc(C(F)(F)F)c4)c3n2)C1. The summed E-state index contributed by atoms with van der Waals surface area (Å²) in [5.74, 6) is -1.85. The van der Waals surface area contributed by atoms with E-state index in [0.29, 0.717) is 49.3 Å². The standard InChI is InChI=1S/C23H24F5N7O/c24-22(25)4-5-33(12-22)16-10-34(11-16)19-18-9-29-35(15-3-1-2-13(6-15)23(26,27)28)20(18)32-21(31-19)30-14-7-17(36)8-14/h1-3,6,9,14,16-17,36H,4-5,7-8,10-12H2,(H,30,31,32)/t14-,17+. The highest BCUT2D eigenvalue weighted by Gasteiger charge is 2.44. The van der Waals surface area contributed by atoms with Gasteiger partial charge >= 0.3 is 6.18 Å². The number of halogens is 5. The Balaban J connectivity index is 1.33. The van der Waals surface area contributed by atoms with Crippen molar-refractivity contribution in [3.05, 3.63) is 36.0 Å². The van der Waals surface area contributed by atoms with Gasteiger partial charge in [-0.2, -0.15) is 28.2 Å². The minimum absolute atomic E-state index is 0.0220. The minimum atomic E-state index is -4.50. The summed E-state index contributed by atoms with van der Waals surface area (Å²) < 4.78 is 68.6. The molecule has 36 heavy (non-hydrogen) atoms. The van der Waals surface area contributed by atoms with E-state index in [-0.39, 0.29) is 36.7 Å². The van der Waals surface area contributed by atoms with E-state index in [9.17, 15) is 27.1 Å². The van der Waals surface area contributed by atoms with E-state index in [4.69, 9.17) is 0 Å². The molecule has 4 heterocycles. The predicted octanol–water partition coefficient (Wildman–Crippen LogP) is 3.30. The third-order valence-electron chi connectivity index (χ3n) is 7.15. The molecule has 2 N–H and O–H groups in total. The molecule has 13 heteroatoms. The molecule has 1 aromatic carbocycles. The fraction of sp³-hybridized carbons (Fsp3) is 0.522. The normalized spacial score (nSPS) is 24.7. The van der Waals surface area contributed by atoms with Gasteiger partial charge in [-0.1, -0.05) is 6.07 Å². The first-order chi connectivity index (χ1) is 17.1. The second-order valence-electron chi connectivity index (χ2n) is 9.81. The maximum absolute atomic E-state index is 13.7. The number of aromatic nitrogens is 4. The van der Waals surface area contributed by atoms with Crippen molar-refractivity contribution in [2.45, 2.75) is 49.5 Å². The van der Waals surface area contributed by atoms with Gasteiger partial charge in [0.25, 0.3) is 5.92 Å². The van der Waals surface area contributed by atoms with E-state index in [1.807, 2.05) is 4.90 Å². The molecule has 8 nitrogen and oxygen atoms in total. The van der Waals surface area contributed by atoms with Crippen LogP contribution in [0.2, 0.25) is 0 Å². The van der Waals surface area contributed by atoms with Crippen LogP contribution in [0.5, 0.6) is 0 Å². The van der Waals surface area contributed by atoms with Gasteiger partial charge in [0.15, 0.2) is 5.65 Å². The van der Waals surface area contributed by atoms with Crippen LogP contribution in [-0.4, -0.2) is 80.0 Å². The van der Waals surface area contributed by atoms with Crippen LogP contribution in [-0.2, 0) is 6.18 Å². The van der Waals surface area contributed by atoms with E-state index in [1.165, 1.54) is 23.0 Å².